The van der Waals surface area contributed by atoms with Gasteiger partial charge in [-0.2, -0.15) is 0 Å². The monoisotopic (exact) mass is 399 g/mol. The Balaban J connectivity index is 1.39. The molecule has 1 aliphatic rings. The van der Waals surface area contributed by atoms with E-state index in [1.807, 2.05) is 29.3 Å². The number of anilines is 1. The maximum Gasteiger partial charge on any atom is 0.236 e. The average molecular weight is 399 g/mol. The van der Waals surface area contributed by atoms with E-state index in [0.29, 0.717) is 17.1 Å². The van der Waals surface area contributed by atoms with Crippen LogP contribution in [0.15, 0.2) is 40.1 Å². The molecule has 1 aromatic carbocycles. The van der Waals surface area contributed by atoms with Crippen LogP contribution in [-0.4, -0.2) is 41.8 Å². The van der Waals surface area contributed by atoms with Gasteiger partial charge in [0.2, 0.25) is 5.89 Å². The van der Waals surface area contributed by atoms with Crippen LogP contribution in [0.1, 0.15) is 28.7 Å². The highest BCUT2D eigenvalue weighted by molar-refractivity contribution is 7.13. The summed E-state index contributed by atoms with van der Waals surface area (Å²) in [5.74, 6) is 1.06. The van der Waals surface area contributed by atoms with Crippen LogP contribution in [-0.2, 0) is 6.54 Å². The zero-order valence-corrected chi connectivity index (χ0v) is 16.8. The number of hydrogen-bond acceptors (Lipinski definition) is 6. The normalized spacial score (nSPS) is 15.2. The number of aryl methyl sites for hydroxylation is 1. The van der Waals surface area contributed by atoms with Gasteiger partial charge >= 0.3 is 0 Å². The molecule has 7 heteroatoms. The van der Waals surface area contributed by atoms with E-state index in [1.54, 1.807) is 23.5 Å². The van der Waals surface area contributed by atoms with E-state index >= 15 is 0 Å². The van der Waals surface area contributed by atoms with Gasteiger partial charge in [0.25, 0.3) is 0 Å². The van der Waals surface area contributed by atoms with Crippen molar-refractivity contribution in [2.24, 2.45) is 0 Å². The topological polar surface area (TPSA) is 49.6 Å². The molecule has 4 rings (SSSR count). The Morgan fingerprint density at radius 3 is 2.68 bits per heavy atom. The predicted octanol–water partition coefficient (Wildman–Crippen LogP) is 4.38. The van der Waals surface area contributed by atoms with E-state index in [9.17, 15) is 9.18 Å². The lowest BCUT2D eigenvalue weighted by molar-refractivity contribution is 0.101. The van der Waals surface area contributed by atoms with Crippen molar-refractivity contribution in [2.45, 2.75) is 20.4 Å². The number of thiophene rings is 1. The summed E-state index contributed by atoms with van der Waals surface area (Å²) in [5.41, 5.74) is 1.92. The third-order valence-corrected chi connectivity index (χ3v) is 5.92. The second kappa shape index (κ2) is 7.85. The maximum absolute atomic E-state index is 14.4. The molecule has 1 saturated heterocycles. The zero-order valence-electron chi connectivity index (χ0n) is 15.9. The molecule has 0 atom stereocenters. The Morgan fingerprint density at radius 1 is 1.25 bits per heavy atom. The molecule has 0 amide bonds. The van der Waals surface area contributed by atoms with Crippen molar-refractivity contribution in [3.8, 4) is 10.8 Å². The van der Waals surface area contributed by atoms with Crippen LogP contribution < -0.4 is 4.90 Å². The lowest BCUT2D eigenvalue weighted by Crippen LogP contribution is -2.46. The second-order valence-corrected chi connectivity index (χ2v) is 7.93. The Morgan fingerprint density at radius 2 is 2.04 bits per heavy atom. The number of piperazine rings is 1. The quantitative estimate of drug-likeness (QED) is 0.596. The molecule has 3 heterocycles. The molecule has 0 saturated carbocycles. The second-order valence-electron chi connectivity index (χ2n) is 6.98. The first-order valence-electron chi connectivity index (χ1n) is 9.29. The fourth-order valence-corrected chi connectivity index (χ4v) is 4.07. The van der Waals surface area contributed by atoms with Gasteiger partial charge in [-0.05, 0) is 43.5 Å². The lowest BCUT2D eigenvalue weighted by Gasteiger charge is -2.36. The van der Waals surface area contributed by atoms with Crippen LogP contribution >= 0.6 is 11.3 Å². The summed E-state index contributed by atoms with van der Waals surface area (Å²) >= 11 is 1.61. The Labute approximate surface area is 167 Å². The van der Waals surface area contributed by atoms with Crippen LogP contribution in [0.4, 0.5) is 10.1 Å². The molecular weight excluding hydrogens is 377 g/mol. The number of aromatic nitrogens is 1. The van der Waals surface area contributed by atoms with Crippen LogP contribution in [0, 0.1) is 12.7 Å². The molecule has 1 aliphatic heterocycles. The Hall–Kier alpha value is -2.51. The maximum atomic E-state index is 14.4. The molecule has 0 bridgehead atoms. The first-order valence-corrected chi connectivity index (χ1v) is 10.2. The van der Waals surface area contributed by atoms with Gasteiger partial charge in [0, 0.05) is 38.3 Å². The van der Waals surface area contributed by atoms with Crippen LogP contribution in [0.2, 0.25) is 0 Å². The first kappa shape index (κ1) is 18.8. The highest BCUT2D eigenvalue weighted by atomic mass is 32.1. The molecule has 1 fully saturated rings. The number of halogens is 1. The summed E-state index contributed by atoms with van der Waals surface area (Å²) in [6.45, 7) is 7.20. The number of oxazole rings is 1. The predicted molar refractivity (Wildman–Crippen MR) is 108 cm³/mol. The molecular formula is C21H22FN3O2S. The minimum atomic E-state index is -0.339. The third kappa shape index (κ3) is 3.86. The van der Waals surface area contributed by atoms with Crippen LogP contribution in [0.5, 0.6) is 0 Å². The van der Waals surface area contributed by atoms with E-state index < -0.39 is 0 Å². The SMILES string of the molecule is CC(=O)c1ccc(N2CCN(Cc3nc(-c4cccs4)oc3C)CC2)c(F)c1. The minimum absolute atomic E-state index is 0.125. The number of carbonyl (C=O) groups is 1. The van der Waals surface area contributed by atoms with Crippen molar-refractivity contribution < 1.29 is 13.6 Å². The van der Waals surface area contributed by atoms with E-state index in [1.165, 1.54) is 13.0 Å². The van der Waals surface area contributed by atoms with Gasteiger partial charge in [-0.1, -0.05) is 6.07 Å². The Bertz CT molecular complexity index is 976. The van der Waals surface area contributed by atoms with Crippen molar-refractivity contribution in [3.63, 3.8) is 0 Å². The zero-order chi connectivity index (χ0) is 19.7. The minimum Gasteiger partial charge on any atom is -0.440 e. The number of benzene rings is 1. The van der Waals surface area contributed by atoms with Gasteiger partial charge in [0.15, 0.2) is 5.78 Å². The third-order valence-electron chi connectivity index (χ3n) is 5.07. The highest BCUT2D eigenvalue weighted by Crippen LogP contribution is 2.27. The summed E-state index contributed by atoms with van der Waals surface area (Å²) < 4.78 is 20.2. The summed E-state index contributed by atoms with van der Waals surface area (Å²) in [4.78, 5) is 21.4. The van der Waals surface area contributed by atoms with Gasteiger partial charge in [0.05, 0.1) is 16.3 Å². The molecule has 146 valence electrons. The van der Waals surface area contributed by atoms with Gasteiger partial charge in [-0.25, -0.2) is 9.37 Å². The molecule has 0 aliphatic carbocycles. The van der Waals surface area contributed by atoms with Gasteiger partial charge in [-0.15, -0.1) is 11.3 Å². The highest BCUT2D eigenvalue weighted by Gasteiger charge is 2.22. The van der Waals surface area contributed by atoms with Crippen LogP contribution in [0.3, 0.4) is 0 Å². The lowest BCUT2D eigenvalue weighted by atomic mass is 10.1. The number of hydrogen-bond donors (Lipinski definition) is 0. The fourth-order valence-electron chi connectivity index (χ4n) is 3.42. The molecule has 5 nitrogen and oxygen atoms in total. The van der Waals surface area contributed by atoms with Crippen LogP contribution in [0.25, 0.3) is 10.8 Å². The van der Waals surface area contributed by atoms with Crippen molar-refractivity contribution in [1.82, 2.24) is 9.88 Å². The smallest absolute Gasteiger partial charge is 0.236 e. The summed E-state index contributed by atoms with van der Waals surface area (Å²) in [5, 5.41) is 2.01. The van der Waals surface area contributed by atoms with Gasteiger partial charge in [-0.3, -0.25) is 9.69 Å². The molecule has 0 radical (unpaired) electrons. The first-order chi connectivity index (χ1) is 13.5. The van der Waals surface area contributed by atoms with E-state index in [4.69, 9.17) is 4.42 Å². The van der Waals surface area contributed by atoms with Crippen molar-refractivity contribution in [2.75, 3.05) is 31.1 Å². The van der Waals surface area contributed by atoms with E-state index in [-0.39, 0.29) is 11.6 Å². The largest absolute Gasteiger partial charge is 0.440 e. The van der Waals surface area contributed by atoms with E-state index in [2.05, 4.69) is 9.88 Å². The molecule has 28 heavy (non-hydrogen) atoms. The molecule has 3 aromatic rings. The number of nitrogens with zero attached hydrogens (tertiary/aromatic N) is 3. The molecule has 0 spiro atoms. The average Bonchev–Trinajstić information content (AvgIpc) is 3.33. The van der Waals surface area contributed by atoms with Crippen molar-refractivity contribution in [3.05, 3.63) is 58.5 Å². The van der Waals surface area contributed by atoms with Gasteiger partial charge in [0.1, 0.15) is 11.6 Å². The summed E-state index contributed by atoms with van der Waals surface area (Å²) in [6, 6.07) is 8.72. The summed E-state index contributed by atoms with van der Waals surface area (Å²) in [6.07, 6.45) is 0. The molecule has 0 unspecified atom stereocenters. The Kier molecular flexibility index (Phi) is 5.28. The molecule has 0 N–H and O–H groups in total. The number of carbonyl (C=O) groups excluding carboxylic acids is 1. The van der Waals surface area contributed by atoms with E-state index in [0.717, 1.165) is 49.1 Å². The number of Topliss-reactive ketones (excluding diaryl/α,β-unsaturated/α-hetero) is 1. The summed E-state index contributed by atoms with van der Waals surface area (Å²) in [7, 11) is 0. The van der Waals surface area contributed by atoms with Crippen molar-refractivity contribution >= 4 is 22.8 Å². The fraction of sp³-hybridized carbons (Fsp3) is 0.333. The molecule has 2 aromatic heterocycles. The van der Waals surface area contributed by atoms with Gasteiger partial charge < -0.3 is 9.32 Å². The standard InChI is InChI=1S/C21H22FN3O2S/c1-14(26)16-5-6-19(17(22)12-16)25-9-7-24(8-10-25)13-18-15(2)27-21(23-18)20-4-3-11-28-20/h3-6,11-12H,7-10,13H2,1-2H3. The van der Waals surface area contributed by atoms with Crippen molar-refractivity contribution in [1.29, 1.82) is 0 Å². The number of ketones is 1. The number of rotatable bonds is 5.